The molecule has 1 unspecified atom stereocenters. The first-order valence-electron chi connectivity index (χ1n) is 4.78. The van der Waals surface area contributed by atoms with E-state index in [2.05, 4.69) is 5.32 Å². The van der Waals surface area contributed by atoms with Crippen LogP contribution < -0.4 is 11.1 Å². The minimum absolute atomic E-state index is 0.0135. The third-order valence-electron chi connectivity index (χ3n) is 1.44. The van der Waals surface area contributed by atoms with Gasteiger partial charge in [-0.2, -0.15) is 11.8 Å². The lowest BCUT2D eigenvalue weighted by molar-refractivity contribution is -0.138. The third kappa shape index (κ3) is 15.7. The van der Waals surface area contributed by atoms with E-state index < -0.39 is 12.0 Å². The van der Waals surface area contributed by atoms with Crippen LogP contribution in [0.25, 0.3) is 0 Å². The molecule has 0 aromatic carbocycles. The lowest BCUT2D eigenvalue weighted by Crippen LogP contribution is -2.30. The Balaban J connectivity index is 0. The molecule has 96 valence electrons. The second-order valence-electron chi connectivity index (χ2n) is 2.93. The standard InChI is InChI=1S/C5H11NO2S.C4H9NO2/c1-9-3-2-4(6)5(7)8;1-4(7)5-2-3-6/h4H,2-3,6H2,1H3,(H,7,8);6H,2-3H2,1H3,(H,5,7). The SMILES string of the molecule is CC(=O)NCCO.CSCCC(N)C(=O)O. The Hall–Kier alpha value is -0.790. The van der Waals surface area contributed by atoms with Gasteiger partial charge in [0.05, 0.1) is 6.61 Å². The molecule has 1 amide bonds. The fourth-order valence-electron chi connectivity index (χ4n) is 0.600. The molecule has 0 saturated carbocycles. The van der Waals surface area contributed by atoms with Crippen molar-refractivity contribution in [3.8, 4) is 0 Å². The van der Waals surface area contributed by atoms with E-state index in [-0.39, 0.29) is 12.5 Å². The zero-order chi connectivity index (χ0) is 13.0. The molecule has 1 atom stereocenters. The number of amides is 1. The van der Waals surface area contributed by atoms with Crippen molar-refractivity contribution < 1.29 is 19.8 Å². The Morgan fingerprint density at radius 2 is 2.06 bits per heavy atom. The third-order valence-corrected chi connectivity index (χ3v) is 2.08. The molecule has 5 N–H and O–H groups in total. The number of aliphatic carboxylic acids is 1. The van der Waals surface area contributed by atoms with Gasteiger partial charge in [-0.15, -0.1) is 0 Å². The number of rotatable bonds is 6. The Labute approximate surface area is 99.6 Å². The molecule has 6 nitrogen and oxygen atoms in total. The summed E-state index contributed by atoms with van der Waals surface area (Å²) in [5.74, 6) is -0.203. The number of nitrogens with two attached hydrogens (primary N) is 1. The zero-order valence-corrected chi connectivity index (χ0v) is 10.4. The molecule has 0 aromatic heterocycles. The van der Waals surface area contributed by atoms with Crippen molar-refractivity contribution in [3.05, 3.63) is 0 Å². The van der Waals surface area contributed by atoms with Crippen LogP contribution in [0.4, 0.5) is 0 Å². The lowest BCUT2D eigenvalue weighted by Gasteiger charge is -2.02. The van der Waals surface area contributed by atoms with Gasteiger partial charge in [-0.3, -0.25) is 9.59 Å². The van der Waals surface area contributed by atoms with Crippen molar-refractivity contribution in [1.29, 1.82) is 0 Å². The molecular weight excluding hydrogens is 232 g/mol. The molecule has 0 fully saturated rings. The molecule has 16 heavy (non-hydrogen) atoms. The monoisotopic (exact) mass is 252 g/mol. The summed E-state index contributed by atoms with van der Waals surface area (Å²) in [4.78, 5) is 20.1. The summed E-state index contributed by atoms with van der Waals surface area (Å²) < 4.78 is 0. The number of carboxylic acids is 1. The molecule has 0 radical (unpaired) electrons. The van der Waals surface area contributed by atoms with Crippen molar-refractivity contribution in [2.45, 2.75) is 19.4 Å². The first-order chi connectivity index (χ1) is 7.45. The van der Waals surface area contributed by atoms with E-state index in [1.54, 1.807) is 11.8 Å². The van der Waals surface area contributed by atoms with Gasteiger partial charge in [0, 0.05) is 13.5 Å². The zero-order valence-electron chi connectivity index (χ0n) is 9.60. The summed E-state index contributed by atoms with van der Waals surface area (Å²) in [6.45, 7) is 1.78. The smallest absolute Gasteiger partial charge is 0.320 e. The molecule has 0 heterocycles. The molecule has 0 aliphatic heterocycles. The number of nitrogens with one attached hydrogen (secondary N) is 1. The van der Waals surface area contributed by atoms with E-state index in [4.69, 9.17) is 15.9 Å². The van der Waals surface area contributed by atoms with Gasteiger partial charge >= 0.3 is 5.97 Å². The maximum absolute atomic E-state index is 10.1. The second-order valence-corrected chi connectivity index (χ2v) is 3.92. The lowest BCUT2D eigenvalue weighted by atomic mass is 10.2. The van der Waals surface area contributed by atoms with Gasteiger partial charge < -0.3 is 21.3 Å². The Bertz CT molecular complexity index is 202. The van der Waals surface area contributed by atoms with E-state index in [0.29, 0.717) is 13.0 Å². The molecular formula is C9H20N2O4S. The number of aliphatic hydroxyl groups is 1. The van der Waals surface area contributed by atoms with E-state index in [9.17, 15) is 9.59 Å². The second kappa shape index (κ2) is 12.3. The summed E-state index contributed by atoms with van der Waals surface area (Å²) in [5.41, 5.74) is 5.19. The van der Waals surface area contributed by atoms with Crippen molar-refractivity contribution in [2.24, 2.45) is 5.73 Å². The van der Waals surface area contributed by atoms with Crippen LogP contribution in [0.2, 0.25) is 0 Å². The molecule has 0 aromatic rings. The summed E-state index contributed by atoms with van der Waals surface area (Å²) >= 11 is 1.60. The highest BCUT2D eigenvalue weighted by Crippen LogP contribution is 1.97. The van der Waals surface area contributed by atoms with Gasteiger partial charge in [-0.05, 0) is 18.4 Å². The highest BCUT2D eigenvalue weighted by molar-refractivity contribution is 7.98. The summed E-state index contributed by atoms with van der Waals surface area (Å²) in [5, 5.41) is 18.8. The van der Waals surface area contributed by atoms with E-state index >= 15 is 0 Å². The van der Waals surface area contributed by atoms with E-state index in [1.807, 2.05) is 6.26 Å². The first kappa shape index (κ1) is 17.6. The van der Waals surface area contributed by atoms with Gasteiger partial charge in [0.25, 0.3) is 0 Å². The fraction of sp³-hybridized carbons (Fsp3) is 0.778. The highest BCUT2D eigenvalue weighted by atomic mass is 32.2. The van der Waals surface area contributed by atoms with E-state index in [1.165, 1.54) is 6.92 Å². The number of thioether (sulfide) groups is 1. The van der Waals surface area contributed by atoms with Gasteiger partial charge in [0.2, 0.25) is 5.91 Å². The molecule has 0 aliphatic carbocycles. The summed E-state index contributed by atoms with van der Waals surface area (Å²) in [6, 6.07) is -0.683. The van der Waals surface area contributed by atoms with Gasteiger partial charge in [0.15, 0.2) is 0 Å². The number of carboxylic acid groups (broad SMARTS) is 1. The summed E-state index contributed by atoms with van der Waals surface area (Å²) in [7, 11) is 0. The minimum atomic E-state index is -0.913. The average Bonchev–Trinajstić information content (AvgIpc) is 2.23. The molecule has 0 aliphatic rings. The van der Waals surface area contributed by atoms with Crippen LogP contribution in [0.5, 0.6) is 0 Å². The fourth-order valence-corrected chi connectivity index (χ4v) is 1.09. The normalized spacial score (nSPS) is 11.0. The van der Waals surface area contributed by atoms with Crippen LogP contribution in [-0.2, 0) is 9.59 Å². The Morgan fingerprint density at radius 1 is 1.50 bits per heavy atom. The predicted octanol–water partition coefficient (Wildman–Crippen LogP) is -0.734. The molecule has 7 heteroatoms. The summed E-state index contributed by atoms with van der Waals surface area (Å²) in [6.07, 6.45) is 2.48. The van der Waals surface area contributed by atoms with Crippen molar-refractivity contribution in [1.82, 2.24) is 5.32 Å². The van der Waals surface area contributed by atoms with Crippen molar-refractivity contribution >= 4 is 23.6 Å². The maximum atomic E-state index is 10.1. The van der Waals surface area contributed by atoms with Crippen LogP contribution in [0.15, 0.2) is 0 Å². The Kier molecular flexibility index (Phi) is 13.5. The Morgan fingerprint density at radius 3 is 2.31 bits per heavy atom. The first-order valence-corrected chi connectivity index (χ1v) is 6.17. The maximum Gasteiger partial charge on any atom is 0.320 e. The van der Waals surface area contributed by atoms with Gasteiger partial charge in [-0.1, -0.05) is 0 Å². The number of hydrogen-bond acceptors (Lipinski definition) is 5. The molecule has 0 rings (SSSR count). The van der Waals surface area contributed by atoms with Crippen LogP contribution in [-0.4, -0.2) is 53.3 Å². The number of hydrogen-bond donors (Lipinski definition) is 4. The molecule has 0 bridgehead atoms. The largest absolute Gasteiger partial charge is 0.480 e. The number of carbonyl (C=O) groups excluding carboxylic acids is 1. The van der Waals surface area contributed by atoms with Gasteiger partial charge in [0.1, 0.15) is 6.04 Å². The van der Waals surface area contributed by atoms with Crippen molar-refractivity contribution in [2.75, 3.05) is 25.2 Å². The number of aliphatic hydroxyl groups excluding tert-OH is 1. The quantitative estimate of drug-likeness (QED) is 0.495. The van der Waals surface area contributed by atoms with Crippen LogP contribution >= 0.6 is 11.8 Å². The predicted molar refractivity (Wildman–Crippen MR) is 64.4 cm³/mol. The van der Waals surface area contributed by atoms with Crippen LogP contribution in [0, 0.1) is 0 Å². The molecule has 0 spiro atoms. The van der Waals surface area contributed by atoms with Crippen LogP contribution in [0.3, 0.4) is 0 Å². The van der Waals surface area contributed by atoms with Crippen LogP contribution in [0.1, 0.15) is 13.3 Å². The highest BCUT2D eigenvalue weighted by Gasteiger charge is 2.08. The van der Waals surface area contributed by atoms with E-state index in [0.717, 1.165) is 5.75 Å². The van der Waals surface area contributed by atoms with Gasteiger partial charge in [-0.25, -0.2) is 0 Å². The number of carbonyl (C=O) groups is 2. The van der Waals surface area contributed by atoms with Crippen molar-refractivity contribution in [3.63, 3.8) is 0 Å². The topological polar surface area (TPSA) is 113 Å². The minimum Gasteiger partial charge on any atom is -0.480 e. The molecule has 0 saturated heterocycles. The average molecular weight is 252 g/mol.